The Balaban J connectivity index is 2.04. The minimum absolute atomic E-state index is 0.215. The number of rotatable bonds is 6. The summed E-state index contributed by atoms with van der Waals surface area (Å²) in [4.78, 5) is 0. The van der Waals surface area contributed by atoms with Crippen LogP contribution in [0.4, 0.5) is 0 Å². The first-order valence-corrected chi connectivity index (χ1v) is 9.91. The first-order chi connectivity index (χ1) is 13.7. The van der Waals surface area contributed by atoms with Crippen LogP contribution in [0.3, 0.4) is 0 Å². The number of aliphatic hydroxyl groups is 1. The molecule has 1 heterocycles. The average molecular weight is 395 g/mol. The molecule has 154 valence electrons. The van der Waals surface area contributed by atoms with E-state index in [1.807, 2.05) is 50.3 Å². The fourth-order valence-corrected chi connectivity index (χ4v) is 3.46. The van der Waals surface area contributed by atoms with Gasteiger partial charge in [0.15, 0.2) is 0 Å². The molecule has 0 amide bonds. The van der Waals surface area contributed by atoms with Gasteiger partial charge in [-0.3, -0.25) is 0 Å². The van der Waals surface area contributed by atoms with E-state index in [0.29, 0.717) is 18.6 Å². The molecule has 1 unspecified atom stereocenters. The second-order valence-corrected chi connectivity index (χ2v) is 8.32. The van der Waals surface area contributed by atoms with Crippen molar-refractivity contribution in [2.75, 3.05) is 7.11 Å². The summed E-state index contributed by atoms with van der Waals surface area (Å²) >= 11 is 0. The average Bonchev–Trinajstić information content (AvgIpc) is 3.09. The largest absolute Gasteiger partial charge is 0.507 e. The van der Waals surface area contributed by atoms with Crippen LogP contribution < -0.4 is 9.47 Å². The Kier molecular flexibility index (Phi) is 6.04. The number of allylic oxidation sites excluding steroid dienone is 2. The lowest BCUT2D eigenvalue weighted by atomic mass is 9.90. The Morgan fingerprint density at radius 3 is 2.48 bits per heavy atom. The standard InChI is InChI=1S/C25H30O4/c1-16(2)6-12-20-19(13-9-17-7-10-18(28-5)11-8-17)21-14-24(25(3,4)27)29-23(21)15-22(20)26/h6-11,13,15,24,26-27H,12,14H2,1-5H3/b13-9+. The predicted octanol–water partition coefficient (Wildman–Crippen LogP) is 5.15. The van der Waals surface area contributed by atoms with E-state index in [-0.39, 0.29) is 11.9 Å². The highest BCUT2D eigenvalue weighted by Gasteiger charge is 2.36. The molecule has 1 aliphatic heterocycles. The molecule has 1 atom stereocenters. The molecule has 29 heavy (non-hydrogen) atoms. The van der Waals surface area contributed by atoms with Crippen molar-refractivity contribution in [3.63, 3.8) is 0 Å². The van der Waals surface area contributed by atoms with Crippen molar-refractivity contribution >= 4 is 12.2 Å². The zero-order valence-corrected chi connectivity index (χ0v) is 17.8. The topological polar surface area (TPSA) is 58.9 Å². The molecule has 0 spiro atoms. The van der Waals surface area contributed by atoms with Crippen LogP contribution in [0, 0.1) is 0 Å². The Hall–Kier alpha value is -2.72. The van der Waals surface area contributed by atoms with Gasteiger partial charge < -0.3 is 19.7 Å². The van der Waals surface area contributed by atoms with Gasteiger partial charge in [0.05, 0.1) is 12.7 Å². The van der Waals surface area contributed by atoms with Crippen LogP contribution in [0.15, 0.2) is 42.0 Å². The summed E-state index contributed by atoms with van der Waals surface area (Å²) in [6, 6.07) is 9.50. The number of phenolic OH excluding ortho intramolecular Hbond substituents is 1. The van der Waals surface area contributed by atoms with Crippen molar-refractivity contribution in [1.29, 1.82) is 0 Å². The highest BCUT2D eigenvalue weighted by Crippen LogP contribution is 2.42. The third-order valence-electron chi connectivity index (χ3n) is 5.24. The van der Waals surface area contributed by atoms with E-state index in [1.165, 1.54) is 5.57 Å². The number of hydrogen-bond acceptors (Lipinski definition) is 4. The van der Waals surface area contributed by atoms with E-state index in [0.717, 1.165) is 28.0 Å². The van der Waals surface area contributed by atoms with Crippen LogP contribution in [0.5, 0.6) is 17.2 Å². The van der Waals surface area contributed by atoms with Crippen molar-refractivity contribution in [3.8, 4) is 17.2 Å². The molecule has 2 N–H and O–H groups in total. The Morgan fingerprint density at radius 1 is 1.21 bits per heavy atom. The number of phenols is 1. The first kappa shape index (κ1) is 21.0. The van der Waals surface area contributed by atoms with Gasteiger partial charge >= 0.3 is 0 Å². The number of methoxy groups -OCH3 is 1. The van der Waals surface area contributed by atoms with Gasteiger partial charge in [-0.05, 0) is 57.4 Å². The fourth-order valence-electron chi connectivity index (χ4n) is 3.46. The molecule has 2 aromatic carbocycles. The van der Waals surface area contributed by atoms with Crippen LogP contribution >= 0.6 is 0 Å². The van der Waals surface area contributed by atoms with Crippen LogP contribution in [-0.2, 0) is 12.8 Å². The molecule has 3 rings (SSSR count). The Labute approximate surface area is 173 Å². The summed E-state index contributed by atoms with van der Waals surface area (Å²) in [7, 11) is 1.65. The summed E-state index contributed by atoms with van der Waals surface area (Å²) in [5.41, 5.74) is 4.12. The van der Waals surface area contributed by atoms with Crippen LogP contribution in [0.1, 0.15) is 49.9 Å². The molecule has 0 fully saturated rings. The quantitative estimate of drug-likeness (QED) is 0.525. The van der Waals surface area contributed by atoms with Crippen LogP contribution in [0.25, 0.3) is 12.2 Å². The molecular formula is C25H30O4. The van der Waals surface area contributed by atoms with E-state index in [9.17, 15) is 10.2 Å². The van der Waals surface area contributed by atoms with Crippen LogP contribution in [0.2, 0.25) is 0 Å². The van der Waals surface area contributed by atoms with Gasteiger partial charge in [0, 0.05) is 23.6 Å². The number of benzene rings is 2. The SMILES string of the molecule is COc1ccc(/C=C/c2c(CC=C(C)C)c(O)cc3c2CC(C(C)(C)O)O3)cc1. The molecule has 0 saturated carbocycles. The molecule has 0 bridgehead atoms. The van der Waals surface area contributed by atoms with Gasteiger partial charge in [-0.25, -0.2) is 0 Å². The molecule has 0 aromatic heterocycles. The van der Waals surface area contributed by atoms with E-state index in [4.69, 9.17) is 9.47 Å². The number of ether oxygens (including phenoxy) is 2. The molecule has 4 heteroatoms. The van der Waals surface area contributed by atoms with Gasteiger partial charge in [-0.15, -0.1) is 0 Å². The molecule has 0 aliphatic carbocycles. The smallest absolute Gasteiger partial charge is 0.131 e. The third kappa shape index (κ3) is 4.83. The highest BCUT2D eigenvalue weighted by atomic mass is 16.5. The van der Waals surface area contributed by atoms with Crippen molar-refractivity contribution in [2.45, 2.75) is 52.2 Å². The molecule has 2 aromatic rings. The summed E-state index contributed by atoms with van der Waals surface area (Å²) in [6.07, 6.45) is 7.06. The summed E-state index contributed by atoms with van der Waals surface area (Å²) in [6.45, 7) is 7.59. The monoisotopic (exact) mass is 394 g/mol. The number of fused-ring (bicyclic) bond motifs is 1. The van der Waals surface area contributed by atoms with E-state index < -0.39 is 5.60 Å². The lowest BCUT2D eigenvalue weighted by Crippen LogP contribution is -2.39. The van der Waals surface area contributed by atoms with E-state index >= 15 is 0 Å². The zero-order chi connectivity index (χ0) is 21.2. The van der Waals surface area contributed by atoms with Crippen molar-refractivity contribution in [1.82, 2.24) is 0 Å². The van der Waals surface area contributed by atoms with E-state index in [2.05, 4.69) is 6.08 Å². The first-order valence-electron chi connectivity index (χ1n) is 9.91. The Morgan fingerprint density at radius 2 is 1.90 bits per heavy atom. The molecule has 1 aliphatic rings. The maximum Gasteiger partial charge on any atom is 0.131 e. The second-order valence-electron chi connectivity index (χ2n) is 8.32. The van der Waals surface area contributed by atoms with Gasteiger partial charge in [0.1, 0.15) is 23.4 Å². The summed E-state index contributed by atoms with van der Waals surface area (Å²) < 4.78 is 11.2. The lowest BCUT2D eigenvalue weighted by molar-refractivity contribution is -0.0230. The third-order valence-corrected chi connectivity index (χ3v) is 5.24. The normalized spacial score (nSPS) is 15.9. The predicted molar refractivity (Wildman–Crippen MR) is 118 cm³/mol. The Bertz CT molecular complexity index is 927. The van der Waals surface area contributed by atoms with Crippen molar-refractivity contribution in [2.24, 2.45) is 0 Å². The van der Waals surface area contributed by atoms with Gasteiger partial charge in [-0.1, -0.05) is 35.9 Å². The van der Waals surface area contributed by atoms with Crippen molar-refractivity contribution in [3.05, 3.63) is 64.2 Å². The summed E-state index contributed by atoms with van der Waals surface area (Å²) in [5.74, 6) is 1.67. The minimum Gasteiger partial charge on any atom is -0.507 e. The molecular weight excluding hydrogens is 364 g/mol. The molecule has 0 radical (unpaired) electrons. The van der Waals surface area contributed by atoms with E-state index in [1.54, 1.807) is 27.0 Å². The molecule has 4 nitrogen and oxygen atoms in total. The minimum atomic E-state index is -0.967. The lowest BCUT2D eigenvalue weighted by Gasteiger charge is -2.24. The highest BCUT2D eigenvalue weighted by molar-refractivity contribution is 5.76. The number of aromatic hydroxyl groups is 1. The maximum absolute atomic E-state index is 10.7. The van der Waals surface area contributed by atoms with Gasteiger partial charge in [0.25, 0.3) is 0 Å². The maximum atomic E-state index is 10.7. The zero-order valence-electron chi connectivity index (χ0n) is 17.8. The molecule has 0 saturated heterocycles. The second kappa shape index (κ2) is 8.34. The summed E-state index contributed by atoms with van der Waals surface area (Å²) in [5, 5.41) is 21.1. The number of hydrogen-bond donors (Lipinski definition) is 2. The van der Waals surface area contributed by atoms with Crippen LogP contribution in [-0.4, -0.2) is 29.0 Å². The fraction of sp³-hybridized carbons (Fsp3) is 0.360. The van der Waals surface area contributed by atoms with Gasteiger partial charge in [0.2, 0.25) is 0 Å². The van der Waals surface area contributed by atoms with Gasteiger partial charge in [-0.2, -0.15) is 0 Å². The van der Waals surface area contributed by atoms with Crippen molar-refractivity contribution < 1.29 is 19.7 Å².